The molecule has 0 aromatic heterocycles. The average Bonchev–Trinajstić information content (AvgIpc) is 2.79. The maximum Gasteiger partial charge on any atom is 0.227 e. The molecule has 0 radical (unpaired) electrons. The second-order valence-electron chi connectivity index (χ2n) is 4.97. The summed E-state index contributed by atoms with van der Waals surface area (Å²) in [6.07, 6.45) is 1.81. The van der Waals surface area contributed by atoms with Gasteiger partial charge in [-0.05, 0) is 26.7 Å². The van der Waals surface area contributed by atoms with Crippen molar-refractivity contribution >= 4 is 11.8 Å². The quantitative estimate of drug-likeness (QED) is 0.574. The molecule has 5 N–H and O–H groups in total. The van der Waals surface area contributed by atoms with Crippen molar-refractivity contribution in [3.63, 3.8) is 0 Å². The van der Waals surface area contributed by atoms with Gasteiger partial charge < -0.3 is 16.8 Å². The lowest BCUT2D eigenvalue weighted by Crippen LogP contribution is -2.50. The molecule has 0 heterocycles. The van der Waals surface area contributed by atoms with E-state index in [9.17, 15) is 9.59 Å². The van der Waals surface area contributed by atoms with Crippen molar-refractivity contribution in [3.8, 4) is 0 Å². The van der Waals surface area contributed by atoms with Gasteiger partial charge in [0.1, 0.15) is 0 Å². The molecule has 0 aromatic rings. The van der Waals surface area contributed by atoms with E-state index in [4.69, 9.17) is 11.5 Å². The molecule has 0 bridgehead atoms. The van der Waals surface area contributed by atoms with E-state index in [2.05, 4.69) is 5.32 Å². The number of hydrogen-bond acceptors (Lipinski definition) is 3. The SMILES string of the molecule is CC(C)(CC(N)=O)NC(=O)C1(CN)CC1. The van der Waals surface area contributed by atoms with Gasteiger partial charge in [0.15, 0.2) is 0 Å². The molecule has 1 aliphatic carbocycles. The molecule has 5 heteroatoms. The van der Waals surface area contributed by atoms with Crippen molar-refractivity contribution in [3.05, 3.63) is 0 Å². The minimum Gasteiger partial charge on any atom is -0.370 e. The van der Waals surface area contributed by atoms with Crippen LogP contribution >= 0.6 is 0 Å². The number of carbonyl (C=O) groups is 2. The van der Waals surface area contributed by atoms with Crippen LogP contribution in [0.1, 0.15) is 33.1 Å². The van der Waals surface area contributed by atoms with Crippen LogP contribution in [-0.4, -0.2) is 23.9 Å². The van der Waals surface area contributed by atoms with Crippen LogP contribution in [0.3, 0.4) is 0 Å². The fraction of sp³-hybridized carbons (Fsp3) is 0.800. The van der Waals surface area contributed by atoms with Crippen molar-refractivity contribution in [2.75, 3.05) is 6.54 Å². The largest absolute Gasteiger partial charge is 0.370 e. The summed E-state index contributed by atoms with van der Waals surface area (Å²) in [5, 5.41) is 2.82. The number of rotatable bonds is 5. The van der Waals surface area contributed by atoms with Crippen LogP contribution in [0, 0.1) is 5.41 Å². The molecule has 5 nitrogen and oxygen atoms in total. The summed E-state index contributed by atoms with van der Waals surface area (Å²) in [6.45, 7) is 3.93. The van der Waals surface area contributed by atoms with Gasteiger partial charge in [-0.2, -0.15) is 0 Å². The Bertz CT molecular complexity index is 282. The van der Waals surface area contributed by atoms with E-state index in [1.165, 1.54) is 0 Å². The summed E-state index contributed by atoms with van der Waals surface area (Å²) in [5.74, 6) is -0.478. The lowest BCUT2D eigenvalue weighted by atomic mass is 9.97. The molecule has 0 aromatic carbocycles. The van der Waals surface area contributed by atoms with Crippen molar-refractivity contribution in [2.24, 2.45) is 16.9 Å². The Labute approximate surface area is 89.6 Å². The highest BCUT2D eigenvalue weighted by Crippen LogP contribution is 2.45. The first-order chi connectivity index (χ1) is 6.81. The van der Waals surface area contributed by atoms with E-state index in [1.54, 1.807) is 13.8 Å². The van der Waals surface area contributed by atoms with Gasteiger partial charge in [-0.25, -0.2) is 0 Å². The minimum atomic E-state index is -0.590. The molecule has 0 atom stereocenters. The van der Waals surface area contributed by atoms with Crippen molar-refractivity contribution in [2.45, 2.75) is 38.6 Å². The van der Waals surface area contributed by atoms with Gasteiger partial charge in [-0.15, -0.1) is 0 Å². The first kappa shape index (κ1) is 12.0. The molecule has 0 aliphatic heterocycles. The Kier molecular flexibility index (Phi) is 3.04. The fourth-order valence-corrected chi connectivity index (χ4v) is 1.59. The Balaban J connectivity index is 2.54. The van der Waals surface area contributed by atoms with Crippen LogP contribution in [-0.2, 0) is 9.59 Å². The number of hydrogen-bond donors (Lipinski definition) is 3. The predicted molar refractivity (Wildman–Crippen MR) is 56.8 cm³/mol. The van der Waals surface area contributed by atoms with Gasteiger partial charge >= 0.3 is 0 Å². The lowest BCUT2D eigenvalue weighted by molar-refractivity contribution is -0.128. The lowest BCUT2D eigenvalue weighted by Gasteiger charge is -2.27. The zero-order valence-electron chi connectivity index (χ0n) is 9.30. The van der Waals surface area contributed by atoms with Gasteiger partial charge in [0.05, 0.1) is 5.41 Å². The number of primary amides is 1. The van der Waals surface area contributed by atoms with Crippen LogP contribution in [0.2, 0.25) is 0 Å². The van der Waals surface area contributed by atoms with Gasteiger partial charge in [0, 0.05) is 18.5 Å². The third-order valence-electron chi connectivity index (χ3n) is 2.79. The molecule has 1 saturated carbocycles. The van der Waals surface area contributed by atoms with Crippen LogP contribution in [0.5, 0.6) is 0 Å². The van der Waals surface area contributed by atoms with E-state index >= 15 is 0 Å². The molecular formula is C10H19N3O2. The zero-order valence-corrected chi connectivity index (χ0v) is 9.30. The summed E-state index contributed by atoms with van der Waals surface area (Å²) < 4.78 is 0. The van der Waals surface area contributed by atoms with Gasteiger partial charge in [0.25, 0.3) is 0 Å². The van der Waals surface area contributed by atoms with Crippen LogP contribution in [0.4, 0.5) is 0 Å². The number of carbonyl (C=O) groups excluding carboxylic acids is 2. The summed E-state index contributed by atoms with van der Waals surface area (Å²) in [6, 6.07) is 0. The Morgan fingerprint density at radius 2 is 1.93 bits per heavy atom. The second-order valence-corrected chi connectivity index (χ2v) is 4.97. The standard InChI is InChI=1S/C10H19N3O2/c1-9(2,5-7(12)14)13-8(15)10(6-11)3-4-10/h3-6,11H2,1-2H3,(H2,12,14)(H,13,15). The molecular weight excluding hydrogens is 194 g/mol. The molecule has 0 spiro atoms. The van der Waals surface area contributed by atoms with Gasteiger partial charge in [-0.1, -0.05) is 0 Å². The predicted octanol–water partition coefficient (Wildman–Crippen LogP) is -0.504. The Morgan fingerprint density at radius 3 is 2.27 bits per heavy atom. The van der Waals surface area contributed by atoms with Gasteiger partial charge in [-0.3, -0.25) is 9.59 Å². The van der Waals surface area contributed by atoms with Crippen LogP contribution < -0.4 is 16.8 Å². The summed E-state index contributed by atoms with van der Waals surface area (Å²) >= 11 is 0. The summed E-state index contributed by atoms with van der Waals surface area (Å²) in [5.41, 5.74) is 9.66. The smallest absolute Gasteiger partial charge is 0.227 e. The highest BCUT2D eigenvalue weighted by atomic mass is 16.2. The molecule has 2 amide bonds. The first-order valence-corrected chi connectivity index (χ1v) is 5.12. The third kappa shape index (κ3) is 2.92. The molecule has 1 rings (SSSR count). The van der Waals surface area contributed by atoms with E-state index in [-0.39, 0.29) is 17.7 Å². The Hall–Kier alpha value is -1.10. The van der Waals surface area contributed by atoms with E-state index in [0.717, 1.165) is 12.8 Å². The third-order valence-corrected chi connectivity index (χ3v) is 2.79. The first-order valence-electron chi connectivity index (χ1n) is 5.12. The average molecular weight is 213 g/mol. The van der Waals surface area contributed by atoms with E-state index in [1.807, 2.05) is 0 Å². The second kappa shape index (κ2) is 3.81. The van der Waals surface area contributed by atoms with Crippen molar-refractivity contribution in [1.29, 1.82) is 0 Å². The normalized spacial score (nSPS) is 18.3. The summed E-state index contributed by atoms with van der Waals surface area (Å²) in [7, 11) is 0. The van der Waals surface area contributed by atoms with E-state index < -0.39 is 11.4 Å². The van der Waals surface area contributed by atoms with Gasteiger partial charge in [0.2, 0.25) is 11.8 Å². The van der Waals surface area contributed by atoms with E-state index in [0.29, 0.717) is 6.54 Å². The topological polar surface area (TPSA) is 98.2 Å². The molecule has 15 heavy (non-hydrogen) atoms. The Morgan fingerprint density at radius 1 is 1.40 bits per heavy atom. The maximum atomic E-state index is 11.8. The molecule has 1 fully saturated rings. The number of nitrogens with one attached hydrogen (secondary N) is 1. The zero-order chi connectivity index (χ0) is 11.7. The van der Waals surface area contributed by atoms with Crippen molar-refractivity contribution < 1.29 is 9.59 Å². The monoisotopic (exact) mass is 213 g/mol. The number of nitrogens with two attached hydrogens (primary N) is 2. The van der Waals surface area contributed by atoms with Crippen LogP contribution in [0.15, 0.2) is 0 Å². The number of amides is 2. The van der Waals surface area contributed by atoms with Crippen LogP contribution in [0.25, 0.3) is 0 Å². The fourth-order valence-electron chi connectivity index (χ4n) is 1.59. The molecule has 86 valence electrons. The maximum absolute atomic E-state index is 11.8. The highest BCUT2D eigenvalue weighted by Gasteiger charge is 2.49. The molecule has 1 aliphatic rings. The summed E-state index contributed by atoms with van der Waals surface area (Å²) in [4.78, 5) is 22.6. The molecule has 0 unspecified atom stereocenters. The minimum absolute atomic E-state index is 0.0590. The van der Waals surface area contributed by atoms with Crippen molar-refractivity contribution in [1.82, 2.24) is 5.32 Å². The highest BCUT2D eigenvalue weighted by molar-refractivity contribution is 5.87. The molecule has 0 saturated heterocycles.